The highest BCUT2D eigenvalue weighted by molar-refractivity contribution is 4.88. The van der Waals surface area contributed by atoms with Crippen molar-refractivity contribution >= 4 is 0 Å². The second-order valence-corrected chi connectivity index (χ2v) is 4.67. The van der Waals surface area contributed by atoms with Gasteiger partial charge in [0.1, 0.15) is 0 Å². The normalized spacial score (nSPS) is 36.2. The van der Waals surface area contributed by atoms with Crippen molar-refractivity contribution in [2.75, 3.05) is 7.05 Å². The van der Waals surface area contributed by atoms with Gasteiger partial charge in [0, 0.05) is 12.1 Å². The Bertz CT molecular complexity index is 165. The fourth-order valence-electron chi connectivity index (χ4n) is 2.98. The van der Waals surface area contributed by atoms with Crippen molar-refractivity contribution < 1.29 is 5.11 Å². The lowest BCUT2D eigenvalue weighted by molar-refractivity contribution is 0.0628. The lowest BCUT2D eigenvalue weighted by Gasteiger charge is -2.32. The summed E-state index contributed by atoms with van der Waals surface area (Å²) in [5.74, 6) is 0. The molecule has 0 radical (unpaired) electrons. The van der Waals surface area contributed by atoms with Crippen molar-refractivity contribution in [3.63, 3.8) is 0 Å². The van der Waals surface area contributed by atoms with Crippen LogP contribution >= 0.6 is 0 Å². The molecule has 0 aliphatic heterocycles. The molecule has 2 rings (SSSR count). The topological polar surface area (TPSA) is 23.5 Å². The Morgan fingerprint density at radius 1 is 1.00 bits per heavy atom. The smallest absolute Gasteiger partial charge is 0.0695 e. The van der Waals surface area contributed by atoms with Gasteiger partial charge in [0.15, 0.2) is 0 Å². The largest absolute Gasteiger partial charge is 0.391 e. The molecule has 0 saturated heterocycles. The van der Waals surface area contributed by atoms with Crippen LogP contribution in [0.5, 0.6) is 0 Å². The van der Waals surface area contributed by atoms with Crippen LogP contribution in [-0.4, -0.2) is 35.2 Å². The molecule has 0 aromatic carbocycles. The van der Waals surface area contributed by atoms with Crippen LogP contribution in [0.1, 0.15) is 44.9 Å². The Labute approximate surface area is 80.9 Å². The number of likely N-dealkylation sites (N-methyl/N-ethyl adjacent to an activating group) is 1. The zero-order valence-corrected chi connectivity index (χ0v) is 8.58. The third kappa shape index (κ3) is 1.89. The number of rotatable bonds is 2. The maximum absolute atomic E-state index is 9.78. The maximum Gasteiger partial charge on any atom is 0.0695 e. The van der Waals surface area contributed by atoms with E-state index in [4.69, 9.17) is 0 Å². The van der Waals surface area contributed by atoms with Gasteiger partial charge in [0.05, 0.1) is 6.10 Å². The van der Waals surface area contributed by atoms with Gasteiger partial charge in [-0.3, -0.25) is 4.90 Å². The van der Waals surface area contributed by atoms with Crippen molar-refractivity contribution in [2.45, 2.75) is 63.1 Å². The lowest BCUT2D eigenvalue weighted by atomic mass is 10.1. The minimum Gasteiger partial charge on any atom is -0.391 e. The minimum atomic E-state index is -0.0504. The molecule has 0 heterocycles. The molecular formula is C11H21NO. The summed E-state index contributed by atoms with van der Waals surface area (Å²) in [6.07, 6.45) is 8.85. The van der Waals surface area contributed by atoms with Crippen LogP contribution in [0.3, 0.4) is 0 Å². The summed E-state index contributed by atoms with van der Waals surface area (Å²) in [6.45, 7) is 0. The zero-order valence-electron chi connectivity index (χ0n) is 8.58. The predicted octanol–water partition coefficient (Wildman–Crippen LogP) is 1.77. The first-order chi connectivity index (χ1) is 6.29. The quantitative estimate of drug-likeness (QED) is 0.705. The molecule has 2 aliphatic rings. The first kappa shape index (κ1) is 9.47. The van der Waals surface area contributed by atoms with Crippen molar-refractivity contribution in [3.05, 3.63) is 0 Å². The number of nitrogens with zero attached hydrogens (tertiary/aromatic N) is 1. The van der Waals surface area contributed by atoms with Gasteiger partial charge in [0.2, 0.25) is 0 Å². The Morgan fingerprint density at radius 2 is 1.69 bits per heavy atom. The van der Waals surface area contributed by atoms with E-state index >= 15 is 0 Å². The Kier molecular flexibility index (Phi) is 2.89. The summed E-state index contributed by atoms with van der Waals surface area (Å²) in [4.78, 5) is 2.45. The van der Waals surface area contributed by atoms with E-state index in [1.807, 2.05) is 0 Å². The monoisotopic (exact) mass is 183 g/mol. The average molecular weight is 183 g/mol. The van der Waals surface area contributed by atoms with E-state index in [9.17, 15) is 5.11 Å². The lowest BCUT2D eigenvalue weighted by Crippen LogP contribution is -2.42. The summed E-state index contributed by atoms with van der Waals surface area (Å²) in [6, 6.07) is 1.22. The number of aliphatic hydroxyl groups is 1. The first-order valence-corrected chi connectivity index (χ1v) is 5.69. The average Bonchev–Trinajstić information content (AvgIpc) is 2.72. The van der Waals surface area contributed by atoms with Crippen LogP contribution in [0.25, 0.3) is 0 Å². The fourth-order valence-corrected chi connectivity index (χ4v) is 2.98. The molecule has 2 nitrogen and oxygen atoms in total. The van der Waals surface area contributed by atoms with Crippen LogP contribution in [0, 0.1) is 0 Å². The molecule has 2 fully saturated rings. The van der Waals surface area contributed by atoms with Crippen LogP contribution in [-0.2, 0) is 0 Å². The van der Waals surface area contributed by atoms with E-state index < -0.39 is 0 Å². The molecule has 76 valence electrons. The van der Waals surface area contributed by atoms with Gasteiger partial charge < -0.3 is 5.11 Å². The van der Waals surface area contributed by atoms with Crippen LogP contribution in [0.4, 0.5) is 0 Å². The molecule has 0 unspecified atom stereocenters. The van der Waals surface area contributed by atoms with Gasteiger partial charge in [-0.15, -0.1) is 0 Å². The maximum atomic E-state index is 9.78. The van der Waals surface area contributed by atoms with Crippen molar-refractivity contribution in [1.82, 2.24) is 4.90 Å². The fraction of sp³-hybridized carbons (Fsp3) is 1.00. The van der Waals surface area contributed by atoms with Crippen molar-refractivity contribution in [2.24, 2.45) is 0 Å². The van der Waals surface area contributed by atoms with Crippen LogP contribution in [0.2, 0.25) is 0 Å². The number of hydrogen-bond donors (Lipinski definition) is 1. The Balaban J connectivity index is 1.91. The molecular weight excluding hydrogens is 162 g/mol. The van der Waals surface area contributed by atoms with E-state index in [0.29, 0.717) is 6.04 Å². The minimum absolute atomic E-state index is 0.0504. The molecule has 0 amide bonds. The molecule has 1 N–H and O–H groups in total. The van der Waals surface area contributed by atoms with E-state index in [-0.39, 0.29) is 6.10 Å². The van der Waals surface area contributed by atoms with Gasteiger partial charge in [-0.25, -0.2) is 0 Å². The number of aliphatic hydroxyl groups excluding tert-OH is 1. The third-order valence-corrected chi connectivity index (χ3v) is 3.87. The van der Waals surface area contributed by atoms with E-state index in [1.165, 1.54) is 38.5 Å². The SMILES string of the molecule is CN(C1CCCC1)[C@H]1CCC[C@@H]1O. The molecule has 13 heavy (non-hydrogen) atoms. The van der Waals surface area contributed by atoms with E-state index in [0.717, 1.165) is 12.5 Å². The van der Waals surface area contributed by atoms with Gasteiger partial charge >= 0.3 is 0 Å². The summed E-state index contributed by atoms with van der Waals surface area (Å²) in [5.41, 5.74) is 0. The van der Waals surface area contributed by atoms with Crippen LogP contribution in [0.15, 0.2) is 0 Å². The number of hydrogen-bond acceptors (Lipinski definition) is 2. The van der Waals surface area contributed by atoms with Gasteiger partial charge in [0.25, 0.3) is 0 Å². The third-order valence-electron chi connectivity index (χ3n) is 3.87. The predicted molar refractivity (Wildman–Crippen MR) is 53.7 cm³/mol. The summed E-state index contributed by atoms with van der Waals surface area (Å²) < 4.78 is 0. The molecule has 0 bridgehead atoms. The van der Waals surface area contributed by atoms with Gasteiger partial charge in [-0.2, -0.15) is 0 Å². The molecule has 2 saturated carbocycles. The van der Waals surface area contributed by atoms with Gasteiger partial charge in [-0.1, -0.05) is 12.8 Å². The molecule has 0 spiro atoms. The summed E-state index contributed by atoms with van der Waals surface area (Å²) >= 11 is 0. The second kappa shape index (κ2) is 3.97. The molecule has 2 aliphatic carbocycles. The van der Waals surface area contributed by atoms with Crippen molar-refractivity contribution in [3.8, 4) is 0 Å². The van der Waals surface area contributed by atoms with E-state index in [1.54, 1.807) is 0 Å². The highest BCUT2D eigenvalue weighted by atomic mass is 16.3. The highest BCUT2D eigenvalue weighted by Gasteiger charge is 2.33. The summed E-state index contributed by atoms with van der Waals surface area (Å²) in [7, 11) is 2.20. The molecule has 2 atom stereocenters. The second-order valence-electron chi connectivity index (χ2n) is 4.67. The van der Waals surface area contributed by atoms with E-state index in [2.05, 4.69) is 11.9 Å². The van der Waals surface area contributed by atoms with Crippen LogP contribution < -0.4 is 0 Å². The Morgan fingerprint density at radius 3 is 2.23 bits per heavy atom. The molecule has 2 heteroatoms. The van der Waals surface area contributed by atoms with Crippen molar-refractivity contribution in [1.29, 1.82) is 0 Å². The highest BCUT2D eigenvalue weighted by Crippen LogP contribution is 2.30. The molecule has 0 aromatic rings. The zero-order chi connectivity index (χ0) is 9.26. The Hall–Kier alpha value is -0.0800. The summed E-state index contributed by atoms with van der Waals surface area (Å²) in [5, 5.41) is 9.78. The standard InChI is InChI=1S/C11H21NO/c1-12(9-5-2-3-6-9)10-7-4-8-11(10)13/h9-11,13H,2-8H2,1H3/t10-,11-/m0/s1. The van der Waals surface area contributed by atoms with Gasteiger partial charge in [-0.05, 0) is 39.2 Å². The first-order valence-electron chi connectivity index (χ1n) is 5.69. The molecule has 0 aromatic heterocycles.